The molecule has 0 saturated carbocycles. The summed E-state index contributed by atoms with van der Waals surface area (Å²) in [6, 6.07) is 18.6. The van der Waals surface area contributed by atoms with Gasteiger partial charge in [0.2, 0.25) is 0 Å². The lowest BCUT2D eigenvalue weighted by atomic mass is 9.93. The first kappa shape index (κ1) is 19.3. The predicted octanol–water partition coefficient (Wildman–Crippen LogP) is 4.61. The standard InChI is InChI=1S/C23H18N2O5/c1-14-11-18(25(28)29)8-10-20(14)24-22(26)16-7-9-19-17(12-16)13-21(30-23(19)27)15-5-3-2-4-6-15/h2-12,21H,13H2,1H3,(H,24,26). The van der Waals surface area contributed by atoms with Crippen LogP contribution < -0.4 is 5.32 Å². The molecule has 0 fully saturated rings. The first-order valence-electron chi connectivity index (χ1n) is 9.37. The van der Waals surface area contributed by atoms with Gasteiger partial charge in [-0.05, 0) is 47.9 Å². The van der Waals surface area contributed by atoms with Crippen molar-refractivity contribution in [3.63, 3.8) is 0 Å². The van der Waals surface area contributed by atoms with E-state index in [9.17, 15) is 19.7 Å². The average molecular weight is 402 g/mol. The van der Waals surface area contributed by atoms with E-state index in [0.717, 1.165) is 11.1 Å². The first-order chi connectivity index (χ1) is 14.4. The van der Waals surface area contributed by atoms with Crippen LogP contribution in [0.15, 0.2) is 66.7 Å². The van der Waals surface area contributed by atoms with E-state index < -0.39 is 17.0 Å². The minimum absolute atomic E-state index is 0.0373. The lowest BCUT2D eigenvalue weighted by Gasteiger charge is -2.25. The number of esters is 1. The summed E-state index contributed by atoms with van der Waals surface area (Å²) in [4.78, 5) is 35.5. The molecule has 3 aromatic carbocycles. The van der Waals surface area contributed by atoms with Crippen LogP contribution in [0.25, 0.3) is 0 Å². The van der Waals surface area contributed by atoms with Gasteiger partial charge in [-0.2, -0.15) is 0 Å². The Morgan fingerprint density at radius 1 is 1.10 bits per heavy atom. The topological polar surface area (TPSA) is 98.5 Å². The number of benzene rings is 3. The van der Waals surface area contributed by atoms with Gasteiger partial charge in [0.15, 0.2) is 0 Å². The van der Waals surface area contributed by atoms with E-state index in [1.54, 1.807) is 25.1 Å². The molecule has 0 aromatic heterocycles. The Bertz CT molecular complexity index is 1160. The summed E-state index contributed by atoms with van der Waals surface area (Å²) in [5.41, 5.74) is 3.53. The highest BCUT2D eigenvalue weighted by atomic mass is 16.6. The number of nitro groups is 1. The number of aryl methyl sites for hydroxylation is 1. The maximum Gasteiger partial charge on any atom is 0.339 e. The summed E-state index contributed by atoms with van der Waals surface area (Å²) < 4.78 is 5.55. The van der Waals surface area contributed by atoms with Gasteiger partial charge in [0, 0.05) is 29.8 Å². The summed E-state index contributed by atoms with van der Waals surface area (Å²) in [7, 11) is 0. The van der Waals surface area contributed by atoms with Gasteiger partial charge >= 0.3 is 5.97 Å². The summed E-state index contributed by atoms with van der Waals surface area (Å²) in [6.07, 6.45) is 0.0735. The third-order valence-electron chi connectivity index (χ3n) is 5.08. The molecule has 1 aliphatic rings. The van der Waals surface area contributed by atoms with Gasteiger partial charge in [0.05, 0.1) is 10.5 Å². The number of nitrogens with one attached hydrogen (secondary N) is 1. The number of carbonyl (C=O) groups is 2. The fourth-order valence-corrected chi connectivity index (χ4v) is 3.49. The van der Waals surface area contributed by atoms with Gasteiger partial charge in [-0.1, -0.05) is 30.3 Å². The Labute approximate surface area is 172 Å². The molecule has 1 atom stereocenters. The maximum absolute atomic E-state index is 12.7. The molecule has 1 N–H and O–H groups in total. The molecule has 1 unspecified atom stereocenters. The minimum Gasteiger partial charge on any atom is -0.454 e. The van der Waals surface area contributed by atoms with Crippen molar-refractivity contribution in [1.29, 1.82) is 0 Å². The Balaban J connectivity index is 1.57. The van der Waals surface area contributed by atoms with E-state index in [2.05, 4.69) is 5.32 Å². The third-order valence-corrected chi connectivity index (χ3v) is 5.08. The van der Waals surface area contributed by atoms with Gasteiger partial charge in [0.25, 0.3) is 11.6 Å². The van der Waals surface area contributed by atoms with Crippen LogP contribution in [-0.2, 0) is 11.2 Å². The summed E-state index contributed by atoms with van der Waals surface area (Å²) in [5.74, 6) is -0.770. The Hall–Kier alpha value is -4.00. The van der Waals surface area contributed by atoms with E-state index >= 15 is 0 Å². The van der Waals surface area contributed by atoms with Crippen molar-refractivity contribution in [2.24, 2.45) is 0 Å². The smallest absolute Gasteiger partial charge is 0.339 e. The van der Waals surface area contributed by atoms with Crippen LogP contribution in [0.5, 0.6) is 0 Å². The molecule has 7 heteroatoms. The second kappa shape index (κ2) is 7.79. The van der Waals surface area contributed by atoms with Crippen LogP contribution in [0.3, 0.4) is 0 Å². The number of amides is 1. The average Bonchev–Trinajstić information content (AvgIpc) is 2.75. The molecule has 0 aliphatic carbocycles. The fraction of sp³-hybridized carbons (Fsp3) is 0.130. The zero-order chi connectivity index (χ0) is 21.3. The maximum atomic E-state index is 12.7. The normalized spacial score (nSPS) is 15.1. The molecule has 3 aromatic rings. The van der Waals surface area contributed by atoms with Crippen LogP contribution in [0, 0.1) is 17.0 Å². The van der Waals surface area contributed by atoms with Crippen molar-refractivity contribution in [3.05, 3.63) is 105 Å². The molecular formula is C23H18N2O5. The highest BCUT2D eigenvalue weighted by Crippen LogP contribution is 2.31. The van der Waals surface area contributed by atoms with Crippen LogP contribution in [-0.4, -0.2) is 16.8 Å². The molecule has 1 amide bonds. The lowest BCUT2D eigenvalue weighted by Crippen LogP contribution is -2.23. The number of hydrogen-bond donors (Lipinski definition) is 1. The van der Waals surface area contributed by atoms with Crippen molar-refractivity contribution in [1.82, 2.24) is 0 Å². The van der Waals surface area contributed by atoms with Crippen LogP contribution >= 0.6 is 0 Å². The molecule has 0 bridgehead atoms. The number of cyclic esters (lactones) is 1. The van der Waals surface area contributed by atoms with E-state index in [1.165, 1.54) is 18.2 Å². The quantitative estimate of drug-likeness (QED) is 0.390. The van der Waals surface area contributed by atoms with Gasteiger partial charge in [-0.25, -0.2) is 4.79 Å². The van der Waals surface area contributed by atoms with Gasteiger partial charge < -0.3 is 10.1 Å². The fourth-order valence-electron chi connectivity index (χ4n) is 3.49. The molecular weight excluding hydrogens is 384 g/mol. The molecule has 7 nitrogen and oxygen atoms in total. The Morgan fingerprint density at radius 2 is 1.87 bits per heavy atom. The largest absolute Gasteiger partial charge is 0.454 e. The molecule has 1 aliphatic heterocycles. The number of hydrogen-bond acceptors (Lipinski definition) is 5. The number of carbonyl (C=O) groups excluding carboxylic acids is 2. The summed E-state index contributed by atoms with van der Waals surface area (Å²) in [5, 5.41) is 13.7. The zero-order valence-electron chi connectivity index (χ0n) is 16.1. The monoisotopic (exact) mass is 402 g/mol. The number of ether oxygens (including phenoxy) is 1. The van der Waals surface area contributed by atoms with Crippen molar-refractivity contribution in [2.45, 2.75) is 19.4 Å². The number of anilines is 1. The molecule has 0 saturated heterocycles. The number of nitro benzene ring substituents is 1. The second-order valence-electron chi connectivity index (χ2n) is 7.09. The molecule has 0 radical (unpaired) electrons. The van der Waals surface area contributed by atoms with Crippen molar-refractivity contribution >= 4 is 23.3 Å². The van der Waals surface area contributed by atoms with Crippen molar-refractivity contribution in [3.8, 4) is 0 Å². The number of non-ortho nitro benzene ring substituents is 1. The van der Waals surface area contributed by atoms with Gasteiger partial charge in [-0.3, -0.25) is 14.9 Å². The molecule has 4 rings (SSSR count). The third kappa shape index (κ3) is 3.77. The highest BCUT2D eigenvalue weighted by molar-refractivity contribution is 6.05. The Morgan fingerprint density at radius 3 is 2.57 bits per heavy atom. The summed E-state index contributed by atoms with van der Waals surface area (Å²) >= 11 is 0. The van der Waals surface area contributed by atoms with E-state index in [1.807, 2.05) is 30.3 Å². The van der Waals surface area contributed by atoms with Crippen molar-refractivity contribution < 1.29 is 19.2 Å². The first-order valence-corrected chi connectivity index (χ1v) is 9.37. The van der Waals surface area contributed by atoms with Crippen molar-refractivity contribution in [2.75, 3.05) is 5.32 Å². The van der Waals surface area contributed by atoms with Crippen LogP contribution in [0.1, 0.15) is 43.5 Å². The number of fused-ring (bicyclic) bond motifs is 1. The van der Waals surface area contributed by atoms with Gasteiger partial charge in [0.1, 0.15) is 6.10 Å². The van der Waals surface area contributed by atoms with Crippen LogP contribution in [0.4, 0.5) is 11.4 Å². The molecule has 150 valence electrons. The van der Waals surface area contributed by atoms with Crippen LogP contribution in [0.2, 0.25) is 0 Å². The van der Waals surface area contributed by atoms with E-state index in [-0.39, 0.29) is 11.6 Å². The SMILES string of the molecule is Cc1cc([N+](=O)[O-])ccc1NC(=O)c1ccc2c(c1)CC(c1ccccc1)OC2=O. The highest BCUT2D eigenvalue weighted by Gasteiger charge is 2.28. The Kier molecular flexibility index (Phi) is 5.02. The van der Waals surface area contributed by atoms with E-state index in [4.69, 9.17) is 4.74 Å². The second-order valence-corrected chi connectivity index (χ2v) is 7.09. The minimum atomic E-state index is -0.482. The predicted molar refractivity (Wildman–Crippen MR) is 111 cm³/mol. The molecule has 1 heterocycles. The zero-order valence-corrected chi connectivity index (χ0v) is 16.1. The lowest BCUT2D eigenvalue weighted by molar-refractivity contribution is -0.384. The van der Waals surface area contributed by atoms with E-state index in [0.29, 0.717) is 28.8 Å². The van der Waals surface area contributed by atoms with Gasteiger partial charge in [-0.15, -0.1) is 0 Å². The summed E-state index contributed by atoms with van der Waals surface area (Å²) in [6.45, 7) is 1.69. The number of nitrogens with zero attached hydrogens (tertiary/aromatic N) is 1. The molecule has 30 heavy (non-hydrogen) atoms. The number of rotatable bonds is 4. The molecule has 0 spiro atoms.